The van der Waals surface area contributed by atoms with Crippen molar-refractivity contribution < 1.29 is 14.5 Å². The Labute approximate surface area is 195 Å². The lowest BCUT2D eigenvalue weighted by atomic mass is 10.0. The molecule has 0 aliphatic rings. The van der Waals surface area contributed by atoms with E-state index in [0.29, 0.717) is 16.3 Å². The van der Waals surface area contributed by atoms with E-state index in [2.05, 4.69) is 15.8 Å². The lowest BCUT2D eigenvalue weighted by Gasteiger charge is -2.20. The Morgan fingerprint density at radius 2 is 1.84 bits per heavy atom. The topological polar surface area (TPSA) is 117 Å². The van der Waals surface area contributed by atoms with E-state index in [4.69, 9.17) is 23.2 Å². The maximum atomic E-state index is 12.6. The first kappa shape index (κ1) is 25.1. The Morgan fingerprint density at radius 3 is 2.41 bits per heavy atom. The van der Waals surface area contributed by atoms with E-state index in [9.17, 15) is 19.7 Å². The van der Waals surface area contributed by atoms with E-state index in [1.807, 2.05) is 0 Å². The Hall–Kier alpha value is -3.17. The third-order valence-corrected chi connectivity index (χ3v) is 5.03. The molecule has 0 radical (unpaired) electrons. The Balaban J connectivity index is 2.11. The zero-order valence-corrected chi connectivity index (χ0v) is 19.4. The van der Waals surface area contributed by atoms with Crippen molar-refractivity contribution in [2.45, 2.75) is 19.9 Å². The number of carbonyl (C=O) groups excluding carboxylic acids is 2. The number of anilines is 1. The molecule has 170 valence electrons. The van der Waals surface area contributed by atoms with E-state index in [-0.39, 0.29) is 22.2 Å². The molecule has 2 rings (SSSR count). The van der Waals surface area contributed by atoms with Gasteiger partial charge in [-0.15, -0.1) is 0 Å². The largest absolute Gasteiger partial charge is 0.372 e. The maximum Gasteiger partial charge on any atom is 0.293 e. The number of hydrogen-bond donors (Lipinski definition) is 2. The molecule has 1 atom stereocenters. The summed E-state index contributed by atoms with van der Waals surface area (Å²) >= 11 is 11.9. The fourth-order valence-corrected chi connectivity index (χ4v) is 3.31. The number of hydrogen-bond acceptors (Lipinski definition) is 6. The van der Waals surface area contributed by atoms with Crippen LogP contribution in [0.25, 0.3) is 0 Å². The molecular weight excluding hydrogens is 457 g/mol. The van der Waals surface area contributed by atoms with Gasteiger partial charge in [-0.1, -0.05) is 43.1 Å². The second kappa shape index (κ2) is 10.9. The molecule has 1 unspecified atom stereocenters. The predicted octanol–water partition coefficient (Wildman–Crippen LogP) is 3.87. The molecule has 0 spiro atoms. The molecule has 32 heavy (non-hydrogen) atoms. The normalized spacial score (nSPS) is 12.0. The third kappa shape index (κ3) is 6.41. The average molecular weight is 480 g/mol. The van der Waals surface area contributed by atoms with Gasteiger partial charge < -0.3 is 10.2 Å². The first-order valence-corrected chi connectivity index (χ1v) is 10.3. The minimum Gasteiger partial charge on any atom is -0.372 e. The zero-order valence-electron chi connectivity index (χ0n) is 17.9. The summed E-state index contributed by atoms with van der Waals surface area (Å²) in [6, 6.07) is 8.13. The number of amides is 2. The zero-order chi connectivity index (χ0) is 24.0. The molecule has 0 aliphatic heterocycles. The van der Waals surface area contributed by atoms with Crippen molar-refractivity contribution in [3.8, 4) is 0 Å². The van der Waals surface area contributed by atoms with Gasteiger partial charge >= 0.3 is 0 Å². The first-order chi connectivity index (χ1) is 15.0. The predicted molar refractivity (Wildman–Crippen MR) is 126 cm³/mol. The number of nitrogens with zero attached hydrogens (tertiary/aromatic N) is 3. The van der Waals surface area contributed by atoms with Crippen molar-refractivity contribution >= 4 is 52.6 Å². The Bertz CT molecular complexity index is 1060. The number of benzene rings is 2. The number of hydrazone groups is 1. The molecule has 2 aromatic rings. The van der Waals surface area contributed by atoms with E-state index in [1.54, 1.807) is 45.0 Å². The van der Waals surface area contributed by atoms with Crippen LogP contribution in [-0.4, -0.2) is 43.1 Å². The summed E-state index contributed by atoms with van der Waals surface area (Å²) in [6.45, 7) is 3.53. The van der Waals surface area contributed by atoms with Crippen LogP contribution in [0.15, 0.2) is 41.5 Å². The number of rotatable bonds is 8. The monoisotopic (exact) mass is 479 g/mol. The molecule has 0 fully saturated rings. The molecule has 0 saturated carbocycles. The summed E-state index contributed by atoms with van der Waals surface area (Å²) in [4.78, 5) is 37.6. The molecule has 2 amide bonds. The molecule has 2 N–H and O–H groups in total. The van der Waals surface area contributed by atoms with E-state index in [1.165, 1.54) is 30.5 Å². The molecule has 0 heterocycles. The number of nitro groups is 1. The molecule has 11 heteroatoms. The number of halogens is 2. The van der Waals surface area contributed by atoms with Crippen molar-refractivity contribution in [1.29, 1.82) is 0 Å². The molecule has 0 saturated heterocycles. The Morgan fingerprint density at radius 1 is 1.16 bits per heavy atom. The van der Waals surface area contributed by atoms with Crippen molar-refractivity contribution in [2.24, 2.45) is 11.0 Å². The highest BCUT2D eigenvalue weighted by Crippen LogP contribution is 2.27. The van der Waals surface area contributed by atoms with Gasteiger partial charge in [-0.25, -0.2) is 5.43 Å². The lowest BCUT2D eigenvalue weighted by molar-refractivity contribution is -0.384. The number of carbonyl (C=O) groups is 2. The van der Waals surface area contributed by atoms with Crippen LogP contribution in [-0.2, 0) is 4.79 Å². The SMILES string of the molecule is CC(C)C(NC(=O)c1ccc(Cl)cc1Cl)C(=O)NN=Cc1ccc(N(C)C)c([N+](=O)[O-])c1. The van der Waals surface area contributed by atoms with Gasteiger partial charge in [-0.3, -0.25) is 19.7 Å². The van der Waals surface area contributed by atoms with Gasteiger partial charge in [0.15, 0.2) is 0 Å². The first-order valence-electron chi connectivity index (χ1n) is 9.55. The van der Waals surface area contributed by atoms with Crippen LogP contribution in [0.2, 0.25) is 10.0 Å². The molecule has 0 bridgehead atoms. The summed E-state index contributed by atoms with van der Waals surface area (Å²) in [6.07, 6.45) is 1.29. The van der Waals surface area contributed by atoms with E-state index >= 15 is 0 Å². The smallest absolute Gasteiger partial charge is 0.293 e. The van der Waals surface area contributed by atoms with E-state index < -0.39 is 22.8 Å². The minimum atomic E-state index is -0.892. The fourth-order valence-electron chi connectivity index (χ4n) is 2.81. The molecule has 0 aromatic heterocycles. The second-order valence-electron chi connectivity index (χ2n) is 7.45. The minimum absolute atomic E-state index is 0.0857. The second-order valence-corrected chi connectivity index (χ2v) is 8.30. The van der Waals surface area contributed by atoms with Crippen LogP contribution in [0.4, 0.5) is 11.4 Å². The standard InChI is InChI=1S/C21H23Cl2N5O4/c1-12(2)19(25-20(29)15-7-6-14(22)10-16(15)23)21(30)26-24-11-13-5-8-17(27(3)4)18(9-13)28(31)32/h5-12,19H,1-4H3,(H,25,29)(H,26,30). The summed E-state index contributed by atoms with van der Waals surface area (Å²) in [5, 5.41) is 18.4. The fraction of sp³-hybridized carbons (Fsp3) is 0.286. The third-order valence-electron chi connectivity index (χ3n) is 4.48. The average Bonchev–Trinajstić information content (AvgIpc) is 2.71. The van der Waals surface area contributed by atoms with Crippen LogP contribution in [0.3, 0.4) is 0 Å². The molecule has 9 nitrogen and oxygen atoms in total. The van der Waals surface area contributed by atoms with Gasteiger partial charge in [0.2, 0.25) is 0 Å². The van der Waals surface area contributed by atoms with Crippen LogP contribution < -0.4 is 15.6 Å². The van der Waals surface area contributed by atoms with Gasteiger partial charge in [0.25, 0.3) is 17.5 Å². The van der Waals surface area contributed by atoms with Crippen LogP contribution in [0.1, 0.15) is 29.8 Å². The summed E-state index contributed by atoms with van der Waals surface area (Å²) in [7, 11) is 3.40. The van der Waals surface area contributed by atoms with Gasteiger partial charge in [-0.05, 0) is 30.2 Å². The van der Waals surface area contributed by atoms with E-state index in [0.717, 1.165) is 0 Å². The molecule has 0 aliphatic carbocycles. The van der Waals surface area contributed by atoms with Crippen LogP contribution in [0, 0.1) is 16.0 Å². The highest BCUT2D eigenvalue weighted by atomic mass is 35.5. The maximum absolute atomic E-state index is 12.6. The van der Waals surface area contributed by atoms with Crippen molar-refractivity contribution in [2.75, 3.05) is 19.0 Å². The highest BCUT2D eigenvalue weighted by molar-refractivity contribution is 6.36. The summed E-state index contributed by atoms with van der Waals surface area (Å²) < 4.78 is 0. The Kier molecular flexibility index (Phi) is 8.56. The van der Waals surface area contributed by atoms with Crippen LogP contribution >= 0.6 is 23.2 Å². The van der Waals surface area contributed by atoms with Gasteiger partial charge in [0.05, 0.1) is 21.7 Å². The number of nitro benzene ring substituents is 1. The van der Waals surface area contributed by atoms with Gasteiger partial charge in [0, 0.05) is 30.7 Å². The summed E-state index contributed by atoms with van der Waals surface area (Å²) in [5.41, 5.74) is 3.34. The van der Waals surface area contributed by atoms with Crippen LogP contribution in [0.5, 0.6) is 0 Å². The van der Waals surface area contributed by atoms with Crippen molar-refractivity contribution in [3.05, 3.63) is 67.7 Å². The lowest BCUT2D eigenvalue weighted by Crippen LogP contribution is -2.48. The highest BCUT2D eigenvalue weighted by Gasteiger charge is 2.25. The van der Waals surface area contributed by atoms with Crippen molar-refractivity contribution in [3.63, 3.8) is 0 Å². The van der Waals surface area contributed by atoms with Gasteiger partial charge in [-0.2, -0.15) is 5.10 Å². The quantitative estimate of drug-likeness (QED) is 0.338. The molecule has 2 aromatic carbocycles. The van der Waals surface area contributed by atoms with Gasteiger partial charge in [0.1, 0.15) is 11.7 Å². The number of nitrogens with one attached hydrogen (secondary N) is 2. The van der Waals surface area contributed by atoms with Crippen molar-refractivity contribution in [1.82, 2.24) is 10.7 Å². The summed E-state index contributed by atoms with van der Waals surface area (Å²) in [5.74, 6) is -1.32. The molecular formula is C21H23Cl2N5O4.